The Kier molecular flexibility index (Phi) is 11.6. The van der Waals surface area contributed by atoms with Crippen molar-refractivity contribution in [2.75, 3.05) is 23.8 Å². The number of nitrogens with one attached hydrogen (secondary N) is 3. The van der Waals surface area contributed by atoms with Crippen molar-refractivity contribution >= 4 is 46.9 Å². The van der Waals surface area contributed by atoms with Gasteiger partial charge in [-0.05, 0) is 87.0 Å². The van der Waals surface area contributed by atoms with Crippen molar-refractivity contribution in [1.29, 1.82) is 0 Å². The summed E-state index contributed by atoms with van der Waals surface area (Å²) in [6.45, 7) is 6.63. The van der Waals surface area contributed by atoms with Crippen LogP contribution in [0.4, 0.5) is 11.4 Å². The molecule has 1 atom stereocenters. The molecule has 4 aromatic rings. The molecule has 0 fully saturated rings. The molecule has 0 aliphatic heterocycles. The molecule has 0 aromatic heterocycles. The van der Waals surface area contributed by atoms with E-state index in [1.807, 2.05) is 63.2 Å². The largest absolute Gasteiger partial charge is 0.494 e. The summed E-state index contributed by atoms with van der Waals surface area (Å²) < 4.78 is 11.1. The smallest absolute Gasteiger partial charge is 0.272 e. The maximum atomic E-state index is 13.5. The number of carbonyl (C=O) groups excluding carboxylic acids is 3. The molecule has 0 aliphatic rings. The van der Waals surface area contributed by atoms with Gasteiger partial charge in [0.05, 0.1) is 24.2 Å². The first-order valence-corrected chi connectivity index (χ1v) is 15.2. The molecular formula is C35H35N3O5S. The van der Waals surface area contributed by atoms with Crippen molar-refractivity contribution in [3.8, 4) is 11.5 Å². The van der Waals surface area contributed by atoms with Crippen LogP contribution in [0.3, 0.4) is 0 Å². The minimum atomic E-state index is -0.497. The van der Waals surface area contributed by atoms with Gasteiger partial charge in [0.1, 0.15) is 17.2 Å². The third-order valence-electron chi connectivity index (χ3n) is 6.25. The van der Waals surface area contributed by atoms with E-state index >= 15 is 0 Å². The zero-order valence-electron chi connectivity index (χ0n) is 24.8. The third-order valence-corrected chi connectivity index (χ3v) is 7.34. The van der Waals surface area contributed by atoms with E-state index in [4.69, 9.17) is 9.47 Å². The van der Waals surface area contributed by atoms with Crippen molar-refractivity contribution in [2.24, 2.45) is 0 Å². The molecule has 44 heavy (non-hydrogen) atoms. The van der Waals surface area contributed by atoms with Crippen LogP contribution in [0, 0.1) is 0 Å². The van der Waals surface area contributed by atoms with E-state index in [1.54, 1.807) is 66.7 Å². The second-order valence-electron chi connectivity index (χ2n) is 9.54. The number of ether oxygens (including phenoxy) is 2. The third kappa shape index (κ3) is 9.24. The Hall–Kier alpha value is -5.02. The van der Waals surface area contributed by atoms with E-state index in [0.717, 1.165) is 4.90 Å². The van der Waals surface area contributed by atoms with Crippen LogP contribution in [0.15, 0.2) is 114 Å². The first-order chi connectivity index (χ1) is 21.4. The average molecular weight is 610 g/mol. The maximum absolute atomic E-state index is 13.5. The summed E-state index contributed by atoms with van der Waals surface area (Å²) in [4.78, 5) is 40.2. The number of anilines is 2. The van der Waals surface area contributed by atoms with Gasteiger partial charge in [0.15, 0.2) is 0 Å². The summed E-state index contributed by atoms with van der Waals surface area (Å²) in [5.41, 5.74) is 2.33. The van der Waals surface area contributed by atoms with Gasteiger partial charge < -0.3 is 25.4 Å². The molecule has 0 bridgehead atoms. The highest BCUT2D eigenvalue weighted by atomic mass is 32.2. The molecule has 0 saturated carbocycles. The van der Waals surface area contributed by atoms with Crippen molar-refractivity contribution in [1.82, 2.24) is 5.32 Å². The van der Waals surface area contributed by atoms with Gasteiger partial charge in [0.2, 0.25) is 5.91 Å². The van der Waals surface area contributed by atoms with Gasteiger partial charge in [0.25, 0.3) is 11.8 Å². The first-order valence-electron chi connectivity index (χ1n) is 14.3. The predicted octanol–water partition coefficient (Wildman–Crippen LogP) is 7.01. The highest BCUT2D eigenvalue weighted by molar-refractivity contribution is 8.00. The van der Waals surface area contributed by atoms with Gasteiger partial charge in [-0.25, -0.2) is 0 Å². The quantitative estimate of drug-likeness (QED) is 0.111. The van der Waals surface area contributed by atoms with E-state index in [1.165, 1.54) is 11.8 Å². The molecule has 9 heteroatoms. The number of para-hydroxylation sites is 2. The molecule has 0 heterocycles. The first kappa shape index (κ1) is 31.9. The molecule has 0 aliphatic carbocycles. The van der Waals surface area contributed by atoms with Crippen LogP contribution >= 0.6 is 11.8 Å². The molecule has 0 spiro atoms. The van der Waals surface area contributed by atoms with Gasteiger partial charge in [-0.2, -0.15) is 0 Å². The second kappa shape index (κ2) is 16.0. The van der Waals surface area contributed by atoms with Crippen molar-refractivity contribution in [3.05, 3.63) is 120 Å². The lowest BCUT2D eigenvalue weighted by Gasteiger charge is -2.15. The van der Waals surface area contributed by atoms with Crippen molar-refractivity contribution < 1.29 is 23.9 Å². The Morgan fingerprint density at radius 2 is 1.50 bits per heavy atom. The summed E-state index contributed by atoms with van der Waals surface area (Å²) in [5.74, 6) is 0.232. The number of amides is 3. The molecule has 1 unspecified atom stereocenters. The van der Waals surface area contributed by atoms with Crippen LogP contribution in [-0.2, 0) is 9.59 Å². The second-order valence-corrected chi connectivity index (χ2v) is 11.0. The monoisotopic (exact) mass is 609 g/mol. The van der Waals surface area contributed by atoms with E-state index in [2.05, 4.69) is 16.0 Å². The van der Waals surface area contributed by atoms with Crippen LogP contribution in [0.5, 0.6) is 11.5 Å². The Morgan fingerprint density at radius 1 is 0.795 bits per heavy atom. The number of thioether (sulfide) groups is 1. The summed E-state index contributed by atoms with van der Waals surface area (Å²) in [5, 5.41) is 8.13. The summed E-state index contributed by atoms with van der Waals surface area (Å²) >= 11 is 1.36. The molecule has 8 nitrogen and oxygen atoms in total. The normalized spacial score (nSPS) is 11.7. The fourth-order valence-electron chi connectivity index (χ4n) is 4.12. The molecule has 4 aromatic carbocycles. The molecule has 4 rings (SSSR count). The highest BCUT2D eigenvalue weighted by Crippen LogP contribution is 2.29. The van der Waals surface area contributed by atoms with Crippen LogP contribution in [0.25, 0.3) is 6.08 Å². The van der Waals surface area contributed by atoms with Crippen molar-refractivity contribution in [2.45, 2.75) is 30.9 Å². The van der Waals surface area contributed by atoms with Gasteiger partial charge in [-0.15, -0.1) is 11.8 Å². The average Bonchev–Trinajstić information content (AvgIpc) is 3.03. The lowest BCUT2D eigenvalue weighted by molar-refractivity contribution is -0.115. The Labute approximate surface area is 261 Å². The molecule has 3 amide bonds. The van der Waals surface area contributed by atoms with Crippen LogP contribution in [0.2, 0.25) is 0 Å². The molecule has 3 N–H and O–H groups in total. The SMILES string of the molecule is CCOc1ccc(/C=C(/NC(=O)c2ccccc2)C(=O)Nc2cccc(SC(C)C(=O)Nc3ccccc3OCC)c2)cc1. The predicted molar refractivity (Wildman–Crippen MR) is 176 cm³/mol. The fourth-order valence-corrected chi connectivity index (χ4v) is 5.05. The van der Waals surface area contributed by atoms with Crippen LogP contribution in [-0.4, -0.2) is 36.2 Å². The summed E-state index contributed by atoms with van der Waals surface area (Å²) in [6.07, 6.45) is 1.61. The zero-order valence-corrected chi connectivity index (χ0v) is 25.6. The topological polar surface area (TPSA) is 106 Å². The van der Waals surface area contributed by atoms with E-state index in [0.29, 0.717) is 47.2 Å². The van der Waals surface area contributed by atoms with E-state index < -0.39 is 17.1 Å². The van der Waals surface area contributed by atoms with Crippen molar-refractivity contribution in [3.63, 3.8) is 0 Å². The van der Waals surface area contributed by atoms with Gasteiger partial charge in [-0.1, -0.05) is 48.5 Å². The molecule has 0 radical (unpaired) electrons. The number of hydrogen-bond acceptors (Lipinski definition) is 6. The number of carbonyl (C=O) groups is 3. The minimum Gasteiger partial charge on any atom is -0.494 e. The number of rotatable bonds is 13. The van der Waals surface area contributed by atoms with Crippen LogP contribution < -0.4 is 25.4 Å². The maximum Gasteiger partial charge on any atom is 0.272 e. The van der Waals surface area contributed by atoms with Gasteiger partial charge in [-0.3, -0.25) is 14.4 Å². The minimum absolute atomic E-state index is 0.0711. The fraction of sp³-hybridized carbons (Fsp3) is 0.171. The number of hydrogen-bond donors (Lipinski definition) is 3. The Morgan fingerprint density at radius 3 is 2.23 bits per heavy atom. The Balaban J connectivity index is 1.48. The standard InChI is InChI=1S/C35H35N3O5S/c1-4-42-28-20-18-25(19-21-28)22-31(38-34(40)26-12-7-6-8-13-26)35(41)36-27-14-11-15-29(23-27)44-24(3)33(39)37-30-16-9-10-17-32(30)43-5-2/h6-24H,4-5H2,1-3H3,(H,36,41)(H,37,39)(H,38,40)/b31-22+. The number of benzene rings is 4. The lowest BCUT2D eigenvalue weighted by atomic mass is 10.1. The Bertz CT molecular complexity index is 1610. The molecule has 226 valence electrons. The van der Waals surface area contributed by atoms with E-state index in [-0.39, 0.29) is 11.6 Å². The molecule has 0 saturated heterocycles. The molecular weight excluding hydrogens is 574 g/mol. The van der Waals surface area contributed by atoms with E-state index in [9.17, 15) is 14.4 Å². The van der Waals surface area contributed by atoms with Crippen LogP contribution in [0.1, 0.15) is 36.7 Å². The lowest BCUT2D eigenvalue weighted by Crippen LogP contribution is -2.30. The highest BCUT2D eigenvalue weighted by Gasteiger charge is 2.18. The zero-order chi connectivity index (χ0) is 31.3. The van der Waals surface area contributed by atoms with Gasteiger partial charge in [0, 0.05) is 16.1 Å². The summed E-state index contributed by atoms with van der Waals surface area (Å²) in [6, 6.07) is 30.4. The van der Waals surface area contributed by atoms with Gasteiger partial charge >= 0.3 is 0 Å². The summed E-state index contributed by atoms with van der Waals surface area (Å²) in [7, 11) is 0.